The summed E-state index contributed by atoms with van der Waals surface area (Å²) in [4.78, 5) is -0.170. The van der Waals surface area contributed by atoms with Crippen molar-refractivity contribution in [3.05, 3.63) is 54.1 Å². The van der Waals surface area contributed by atoms with Gasteiger partial charge in [-0.25, -0.2) is 8.42 Å². The summed E-state index contributed by atoms with van der Waals surface area (Å²) in [6.07, 6.45) is 8.62. The Morgan fingerprint density at radius 3 is 2.11 bits per heavy atom. The maximum Gasteiger partial charge on any atom is 1.00 e. The second-order valence-electron chi connectivity index (χ2n) is 6.51. The molecule has 0 bridgehead atoms. The summed E-state index contributed by atoms with van der Waals surface area (Å²) in [6, 6.07) is 13.8. The third-order valence-electron chi connectivity index (χ3n) is 4.34. The van der Waals surface area contributed by atoms with Crippen molar-refractivity contribution >= 4 is 10.1 Å². The predicted octanol–water partition coefficient (Wildman–Crippen LogP) is 2.68. The van der Waals surface area contributed by atoms with E-state index in [1.54, 1.807) is 24.3 Å². The van der Waals surface area contributed by atoms with Crippen molar-refractivity contribution in [1.29, 1.82) is 0 Å². The maximum atomic E-state index is 11.7. The molecule has 0 heterocycles. The molecule has 0 amide bonds. The number of benzene rings is 2. The Labute approximate surface area is 185 Å². The standard InChI is InChI=1S/C21H28O4S.Na/c1-2-3-4-5-6-7-9-12-18-15-16-20(17-21(18)26(22,23)24)25-19-13-10-8-11-14-19;/h8,10-11,13-17H,2-7,9,12H2,1H3,(H,22,23,24);/q;+1/p-1. The molecule has 0 N–H and O–H groups in total. The first-order valence-corrected chi connectivity index (χ1v) is 10.7. The van der Waals surface area contributed by atoms with Gasteiger partial charge in [0.2, 0.25) is 0 Å². The molecule has 0 atom stereocenters. The molecule has 2 aromatic rings. The minimum Gasteiger partial charge on any atom is -0.744 e. The number of para-hydroxylation sites is 1. The summed E-state index contributed by atoms with van der Waals surface area (Å²) < 4.78 is 40.6. The Kier molecular flexibility index (Phi) is 11.3. The van der Waals surface area contributed by atoms with Gasteiger partial charge in [-0.2, -0.15) is 0 Å². The van der Waals surface area contributed by atoms with E-state index in [1.165, 1.54) is 31.7 Å². The summed E-state index contributed by atoms with van der Waals surface area (Å²) in [5, 5.41) is 0. The fourth-order valence-corrected chi connectivity index (χ4v) is 3.69. The smallest absolute Gasteiger partial charge is 0.744 e. The van der Waals surface area contributed by atoms with Crippen molar-refractivity contribution in [1.82, 2.24) is 0 Å². The molecule has 0 aliphatic rings. The van der Waals surface area contributed by atoms with Gasteiger partial charge in [-0.1, -0.05) is 69.7 Å². The normalized spacial score (nSPS) is 11.0. The maximum absolute atomic E-state index is 11.7. The molecule has 0 aliphatic heterocycles. The molecule has 2 aromatic carbocycles. The Bertz CT molecular complexity index is 776. The van der Waals surface area contributed by atoms with Crippen LogP contribution < -0.4 is 34.3 Å². The molecule has 0 saturated carbocycles. The van der Waals surface area contributed by atoms with E-state index in [-0.39, 0.29) is 34.5 Å². The van der Waals surface area contributed by atoms with Crippen molar-refractivity contribution in [2.75, 3.05) is 0 Å². The van der Waals surface area contributed by atoms with Crippen LogP contribution >= 0.6 is 0 Å². The van der Waals surface area contributed by atoms with E-state index in [0.717, 1.165) is 19.3 Å². The minimum absolute atomic E-state index is 0. The quantitative estimate of drug-likeness (QED) is 0.332. The molecule has 0 radical (unpaired) electrons. The first-order valence-electron chi connectivity index (χ1n) is 9.32. The Balaban J connectivity index is 0.00000364. The molecule has 4 nitrogen and oxygen atoms in total. The molecule has 6 heteroatoms. The van der Waals surface area contributed by atoms with Crippen LogP contribution in [0.1, 0.15) is 57.4 Å². The van der Waals surface area contributed by atoms with Gasteiger partial charge in [0, 0.05) is 0 Å². The van der Waals surface area contributed by atoms with Gasteiger partial charge in [0.1, 0.15) is 21.6 Å². The van der Waals surface area contributed by atoms with Crippen molar-refractivity contribution in [2.24, 2.45) is 0 Å². The molecule has 0 aromatic heterocycles. The third-order valence-corrected chi connectivity index (χ3v) is 5.26. The van der Waals surface area contributed by atoms with Gasteiger partial charge in [0.25, 0.3) is 0 Å². The van der Waals surface area contributed by atoms with E-state index < -0.39 is 10.1 Å². The Morgan fingerprint density at radius 2 is 1.48 bits per heavy atom. The van der Waals surface area contributed by atoms with Gasteiger partial charge < -0.3 is 9.29 Å². The zero-order valence-corrected chi connectivity index (χ0v) is 19.1. The average molecular weight is 399 g/mol. The van der Waals surface area contributed by atoms with E-state index in [0.29, 0.717) is 23.5 Å². The van der Waals surface area contributed by atoms with Crippen LogP contribution in [0.25, 0.3) is 0 Å². The molecular formula is C21H27NaO4S. The van der Waals surface area contributed by atoms with Crippen LogP contribution in [0.4, 0.5) is 0 Å². The SMILES string of the molecule is CCCCCCCCCc1ccc(Oc2ccccc2)cc1S(=O)(=O)[O-].[Na+]. The summed E-state index contributed by atoms with van der Waals surface area (Å²) in [6.45, 7) is 2.19. The van der Waals surface area contributed by atoms with Crippen LogP contribution in [0.2, 0.25) is 0 Å². The van der Waals surface area contributed by atoms with Crippen molar-refractivity contribution in [2.45, 2.75) is 63.2 Å². The molecule has 0 fully saturated rings. The van der Waals surface area contributed by atoms with E-state index in [2.05, 4.69) is 6.92 Å². The molecule has 0 unspecified atom stereocenters. The molecule has 142 valence electrons. The number of hydrogen-bond donors (Lipinski definition) is 0. The van der Waals surface area contributed by atoms with Gasteiger partial charge in [0.05, 0.1) is 4.90 Å². The molecule has 0 spiro atoms. The largest absolute Gasteiger partial charge is 1.00 e. The van der Waals surface area contributed by atoms with Crippen LogP contribution in [-0.4, -0.2) is 13.0 Å². The Morgan fingerprint density at radius 1 is 0.852 bits per heavy atom. The van der Waals surface area contributed by atoms with Gasteiger partial charge >= 0.3 is 29.6 Å². The van der Waals surface area contributed by atoms with Crippen molar-refractivity contribution < 1.29 is 47.3 Å². The number of hydrogen-bond acceptors (Lipinski definition) is 4. The van der Waals surface area contributed by atoms with Crippen LogP contribution in [0.3, 0.4) is 0 Å². The minimum atomic E-state index is -4.53. The van der Waals surface area contributed by atoms with Gasteiger partial charge in [-0.3, -0.25) is 0 Å². The van der Waals surface area contributed by atoms with E-state index >= 15 is 0 Å². The van der Waals surface area contributed by atoms with E-state index in [4.69, 9.17) is 4.74 Å². The first kappa shape index (κ1) is 24.2. The van der Waals surface area contributed by atoms with Gasteiger partial charge in [-0.15, -0.1) is 0 Å². The summed E-state index contributed by atoms with van der Waals surface area (Å²) in [7, 11) is -4.53. The fraction of sp³-hybridized carbons (Fsp3) is 0.429. The topological polar surface area (TPSA) is 66.4 Å². The summed E-state index contributed by atoms with van der Waals surface area (Å²) in [5.74, 6) is 0.954. The zero-order valence-electron chi connectivity index (χ0n) is 16.3. The van der Waals surface area contributed by atoms with E-state index in [1.807, 2.05) is 18.2 Å². The molecule has 0 aliphatic carbocycles. The third kappa shape index (κ3) is 8.79. The molecule has 0 saturated heterocycles. The summed E-state index contributed by atoms with van der Waals surface area (Å²) in [5.41, 5.74) is 0.578. The second kappa shape index (κ2) is 12.6. The number of ether oxygens (including phenoxy) is 1. The zero-order chi connectivity index (χ0) is 18.8. The fourth-order valence-electron chi connectivity index (χ4n) is 2.93. The number of aryl methyl sites for hydroxylation is 1. The predicted molar refractivity (Wildman–Crippen MR) is 103 cm³/mol. The molecule has 27 heavy (non-hydrogen) atoms. The first-order chi connectivity index (χ1) is 12.5. The summed E-state index contributed by atoms with van der Waals surface area (Å²) >= 11 is 0. The Hall–Kier alpha value is -0.850. The average Bonchev–Trinajstić information content (AvgIpc) is 2.62. The van der Waals surface area contributed by atoms with Crippen LogP contribution in [0.15, 0.2) is 53.4 Å². The number of unbranched alkanes of at least 4 members (excludes halogenated alkanes) is 6. The van der Waals surface area contributed by atoms with Crippen LogP contribution in [0.5, 0.6) is 11.5 Å². The van der Waals surface area contributed by atoms with E-state index in [9.17, 15) is 13.0 Å². The van der Waals surface area contributed by atoms with Gasteiger partial charge in [0.15, 0.2) is 0 Å². The second-order valence-corrected chi connectivity index (χ2v) is 7.86. The van der Waals surface area contributed by atoms with Crippen LogP contribution in [0, 0.1) is 0 Å². The number of rotatable bonds is 11. The van der Waals surface area contributed by atoms with Gasteiger partial charge in [-0.05, 0) is 42.7 Å². The van der Waals surface area contributed by atoms with Crippen molar-refractivity contribution in [3.63, 3.8) is 0 Å². The van der Waals surface area contributed by atoms with Crippen LogP contribution in [-0.2, 0) is 16.5 Å². The molecule has 2 rings (SSSR count). The molecular weight excluding hydrogens is 371 g/mol. The monoisotopic (exact) mass is 398 g/mol. The van der Waals surface area contributed by atoms with Crippen molar-refractivity contribution in [3.8, 4) is 11.5 Å².